The molecule has 4 rings (SSSR count). The highest BCUT2D eigenvalue weighted by Gasteiger charge is 2.20. The molecule has 2 heterocycles. The topological polar surface area (TPSA) is 45.5 Å². The fraction of sp³-hybridized carbons (Fsp3) is 0.318. The van der Waals surface area contributed by atoms with Gasteiger partial charge in [-0.1, -0.05) is 35.9 Å². The minimum atomic E-state index is -0.251. The van der Waals surface area contributed by atoms with Gasteiger partial charge in [0.05, 0.1) is 5.02 Å². The number of nitrogens with one attached hydrogen (secondary N) is 1. The number of fused-ring (bicyclic) bond motifs is 1. The molecule has 146 valence electrons. The molecule has 1 saturated heterocycles. The second kappa shape index (κ2) is 8.19. The molecule has 0 radical (unpaired) electrons. The predicted octanol–water partition coefficient (Wildman–Crippen LogP) is 5.50. The molecule has 0 aliphatic carbocycles. The first-order chi connectivity index (χ1) is 13.5. The monoisotopic (exact) mass is 414 g/mol. The smallest absolute Gasteiger partial charge is 0.291 e. The summed E-state index contributed by atoms with van der Waals surface area (Å²) in [6, 6.07) is 11.6. The summed E-state index contributed by atoms with van der Waals surface area (Å²) < 4.78 is 5.80. The van der Waals surface area contributed by atoms with E-state index in [9.17, 15) is 4.79 Å². The highest BCUT2D eigenvalue weighted by atomic mass is 35.5. The number of hydrogen-bond acceptors (Lipinski definition) is 4. The fourth-order valence-electron chi connectivity index (χ4n) is 3.59. The Morgan fingerprint density at radius 2 is 1.89 bits per heavy atom. The number of thioether (sulfide) groups is 1. The van der Waals surface area contributed by atoms with Gasteiger partial charge in [-0.3, -0.25) is 9.69 Å². The Hall–Kier alpha value is -1.95. The zero-order valence-corrected chi connectivity index (χ0v) is 17.6. The van der Waals surface area contributed by atoms with Crippen LogP contribution in [0.5, 0.6) is 0 Å². The molecule has 3 aromatic rings. The maximum absolute atomic E-state index is 12.9. The minimum Gasteiger partial charge on any atom is -0.449 e. The molecule has 1 aliphatic rings. The highest BCUT2D eigenvalue weighted by molar-refractivity contribution is 7.99. The Balaban J connectivity index is 1.57. The molecule has 1 N–H and O–H groups in total. The molecule has 0 unspecified atom stereocenters. The van der Waals surface area contributed by atoms with E-state index >= 15 is 0 Å². The van der Waals surface area contributed by atoms with Crippen LogP contribution in [0.25, 0.3) is 11.0 Å². The lowest BCUT2D eigenvalue weighted by atomic mass is 10.1. The third-order valence-electron chi connectivity index (χ3n) is 5.31. The second-order valence-corrected chi connectivity index (χ2v) is 8.74. The van der Waals surface area contributed by atoms with Crippen molar-refractivity contribution in [2.24, 2.45) is 0 Å². The lowest BCUT2D eigenvalue weighted by molar-refractivity contribution is 0.0998. The van der Waals surface area contributed by atoms with Gasteiger partial charge >= 0.3 is 0 Å². The van der Waals surface area contributed by atoms with E-state index in [1.165, 1.54) is 17.1 Å². The summed E-state index contributed by atoms with van der Waals surface area (Å²) in [7, 11) is 0. The molecule has 0 spiro atoms. The van der Waals surface area contributed by atoms with E-state index in [0.29, 0.717) is 16.4 Å². The molecule has 0 bridgehead atoms. The van der Waals surface area contributed by atoms with E-state index in [4.69, 9.17) is 16.0 Å². The van der Waals surface area contributed by atoms with Crippen molar-refractivity contribution in [2.75, 3.05) is 29.9 Å². The number of carbonyl (C=O) groups excluding carboxylic acids is 1. The van der Waals surface area contributed by atoms with Crippen LogP contribution in [-0.2, 0) is 6.54 Å². The van der Waals surface area contributed by atoms with E-state index in [0.717, 1.165) is 41.8 Å². The maximum Gasteiger partial charge on any atom is 0.291 e. The Bertz CT molecular complexity index is 1020. The molecule has 1 aromatic heterocycles. The van der Waals surface area contributed by atoms with Crippen LogP contribution in [0.15, 0.2) is 40.8 Å². The molecular formula is C22H23ClN2O2S. The molecular weight excluding hydrogens is 392 g/mol. The summed E-state index contributed by atoms with van der Waals surface area (Å²) in [5.41, 5.74) is 4.52. The van der Waals surface area contributed by atoms with Gasteiger partial charge in [0.25, 0.3) is 5.91 Å². The number of para-hydroxylation sites is 1. The van der Waals surface area contributed by atoms with Gasteiger partial charge < -0.3 is 9.73 Å². The first-order valence-corrected chi connectivity index (χ1v) is 11.0. The van der Waals surface area contributed by atoms with Gasteiger partial charge in [0.15, 0.2) is 11.3 Å². The van der Waals surface area contributed by atoms with Crippen molar-refractivity contribution < 1.29 is 9.21 Å². The quantitative estimate of drug-likeness (QED) is 0.611. The first kappa shape index (κ1) is 19.4. The number of nitrogens with zero attached hydrogens (tertiary/aromatic N) is 1. The zero-order chi connectivity index (χ0) is 19.7. The Labute approximate surface area is 174 Å². The Morgan fingerprint density at radius 1 is 1.14 bits per heavy atom. The van der Waals surface area contributed by atoms with Crippen LogP contribution >= 0.6 is 23.4 Å². The lowest BCUT2D eigenvalue weighted by Crippen LogP contribution is -2.32. The van der Waals surface area contributed by atoms with Crippen molar-refractivity contribution in [3.05, 3.63) is 63.9 Å². The SMILES string of the molecule is Cc1c(CN2CCSCC2)cccc1NC(=O)c1oc2c(Cl)cccc2c1C. The van der Waals surface area contributed by atoms with Crippen molar-refractivity contribution in [2.45, 2.75) is 20.4 Å². The van der Waals surface area contributed by atoms with Gasteiger partial charge in [-0.2, -0.15) is 11.8 Å². The Morgan fingerprint density at radius 3 is 2.64 bits per heavy atom. The van der Waals surface area contributed by atoms with Gasteiger partial charge in [0.1, 0.15) is 0 Å². The van der Waals surface area contributed by atoms with Gasteiger partial charge in [0.2, 0.25) is 0 Å². The number of rotatable bonds is 4. The number of benzene rings is 2. The summed E-state index contributed by atoms with van der Waals surface area (Å²) in [5, 5.41) is 4.41. The molecule has 1 amide bonds. The van der Waals surface area contributed by atoms with Crippen molar-refractivity contribution >= 4 is 45.9 Å². The van der Waals surface area contributed by atoms with Crippen LogP contribution in [0.2, 0.25) is 5.02 Å². The van der Waals surface area contributed by atoms with Crippen molar-refractivity contribution in [1.82, 2.24) is 4.90 Å². The van der Waals surface area contributed by atoms with Crippen LogP contribution in [0.3, 0.4) is 0 Å². The average molecular weight is 415 g/mol. The Kier molecular flexibility index (Phi) is 5.67. The van der Waals surface area contributed by atoms with Crippen LogP contribution in [0.4, 0.5) is 5.69 Å². The molecule has 0 saturated carbocycles. The number of anilines is 1. The fourth-order valence-corrected chi connectivity index (χ4v) is 4.79. The third-order valence-corrected chi connectivity index (χ3v) is 6.55. The lowest BCUT2D eigenvalue weighted by Gasteiger charge is -2.27. The molecule has 6 heteroatoms. The average Bonchev–Trinajstić information content (AvgIpc) is 3.04. The van der Waals surface area contributed by atoms with E-state index < -0.39 is 0 Å². The van der Waals surface area contributed by atoms with Gasteiger partial charge in [-0.05, 0) is 37.1 Å². The number of halogens is 1. The third kappa shape index (κ3) is 3.79. The van der Waals surface area contributed by atoms with Crippen LogP contribution in [-0.4, -0.2) is 35.4 Å². The summed E-state index contributed by atoms with van der Waals surface area (Å²) in [4.78, 5) is 15.4. The minimum absolute atomic E-state index is 0.251. The van der Waals surface area contributed by atoms with Crippen LogP contribution < -0.4 is 5.32 Å². The van der Waals surface area contributed by atoms with Crippen LogP contribution in [0.1, 0.15) is 27.2 Å². The van der Waals surface area contributed by atoms with Crippen molar-refractivity contribution in [3.63, 3.8) is 0 Å². The molecule has 0 atom stereocenters. The molecule has 1 fully saturated rings. The number of aryl methyl sites for hydroxylation is 1. The predicted molar refractivity (Wildman–Crippen MR) is 118 cm³/mol. The second-order valence-electron chi connectivity index (χ2n) is 7.11. The molecule has 1 aliphatic heterocycles. The maximum atomic E-state index is 12.9. The number of carbonyl (C=O) groups is 1. The van der Waals surface area contributed by atoms with E-state index in [2.05, 4.69) is 23.2 Å². The molecule has 4 nitrogen and oxygen atoms in total. The standard InChI is InChI=1S/C22H23ClN2O2S/c1-14-16(13-25-9-11-28-12-10-25)5-3-8-19(14)24-22(26)20-15(2)17-6-4-7-18(23)21(17)27-20/h3-8H,9-13H2,1-2H3,(H,24,26). The van der Waals surface area contributed by atoms with Gasteiger partial charge in [0, 0.05) is 47.8 Å². The summed E-state index contributed by atoms with van der Waals surface area (Å²) in [6.07, 6.45) is 0. The van der Waals surface area contributed by atoms with E-state index in [-0.39, 0.29) is 5.91 Å². The number of hydrogen-bond donors (Lipinski definition) is 1. The largest absolute Gasteiger partial charge is 0.449 e. The van der Waals surface area contributed by atoms with Crippen molar-refractivity contribution in [3.8, 4) is 0 Å². The van der Waals surface area contributed by atoms with Crippen molar-refractivity contribution in [1.29, 1.82) is 0 Å². The number of furan rings is 1. The number of amides is 1. The highest BCUT2D eigenvalue weighted by Crippen LogP contribution is 2.31. The molecule has 2 aromatic carbocycles. The van der Waals surface area contributed by atoms with Gasteiger partial charge in [-0.25, -0.2) is 0 Å². The summed E-state index contributed by atoms with van der Waals surface area (Å²) in [5.74, 6) is 2.42. The summed E-state index contributed by atoms with van der Waals surface area (Å²) in [6.45, 7) is 7.08. The van der Waals surface area contributed by atoms with E-state index in [1.807, 2.05) is 43.0 Å². The van der Waals surface area contributed by atoms with Crippen LogP contribution in [0, 0.1) is 13.8 Å². The molecule has 28 heavy (non-hydrogen) atoms. The zero-order valence-electron chi connectivity index (χ0n) is 16.0. The van der Waals surface area contributed by atoms with E-state index in [1.54, 1.807) is 6.07 Å². The summed E-state index contributed by atoms with van der Waals surface area (Å²) >= 11 is 8.22. The van der Waals surface area contributed by atoms with Gasteiger partial charge in [-0.15, -0.1) is 0 Å². The first-order valence-electron chi connectivity index (χ1n) is 9.42. The normalized spacial score (nSPS) is 15.1.